The van der Waals surface area contributed by atoms with Gasteiger partial charge in [0.25, 0.3) is 0 Å². The van der Waals surface area contributed by atoms with Crippen LogP contribution in [0.3, 0.4) is 0 Å². The van der Waals surface area contributed by atoms with Gasteiger partial charge in [-0.3, -0.25) is 0 Å². The van der Waals surface area contributed by atoms with E-state index < -0.39 is 23.2 Å². The fourth-order valence-electron chi connectivity index (χ4n) is 2.25. The molecule has 1 heterocycles. The van der Waals surface area contributed by atoms with E-state index in [1.165, 1.54) is 0 Å². The van der Waals surface area contributed by atoms with Crippen LogP contribution in [0.1, 0.15) is 17.5 Å². The Kier molecular flexibility index (Phi) is 3.38. The number of benzene rings is 1. The second-order valence-electron chi connectivity index (χ2n) is 4.56. The second-order valence-corrected chi connectivity index (χ2v) is 4.56. The molecule has 1 aromatic rings. The van der Waals surface area contributed by atoms with Crippen LogP contribution in [0.2, 0.25) is 0 Å². The smallest absolute Gasteiger partial charge is 0.416 e. The monoisotopic (exact) mass is 261 g/mol. The number of alkyl halides is 3. The van der Waals surface area contributed by atoms with Crippen LogP contribution in [0, 0.1) is 5.92 Å². The Morgan fingerprint density at radius 3 is 2.44 bits per heavy atom. The van der Waals surface area contributed by atoms with Gasteiger partial charge >= 0.3 is 6.18 Å². The molecular weight excluding hydrogens is 247 g/mol. The molecule has 0 bridgehead atoms. The van der Waals surface area contributed by atoms with Crippen LogP contribution in [0.15, 0.2) is 12.1 Å². The quantitative estimate of drug-likeness (QED) is 0.716. The van der Waals surface area contributed by atoms with Crippen molar-refractivity contribution in [1.82, 2.24) is 5.32 Å². The van der Waals surface area contributed by atoms with Gasteiger partial charge < -0.3 is 15.5 Å². The van der Waals surface area contributed by atoms with Crippen molar-refractivity contribution in [3.05, 3.63) is 23.3 Å². The molecule has 1 aromatic carbocycles. The predicted octanol–water partition coefficient (Wildman–Crippen LogP) is 2.27. The largest absolute Gasteiger partial charge is 0.504 e. The van der Waals surface area contributed by atoms with Gasteiger partial charge in [0.05, 0.1) is 5.56 Å². The third-order valence-corrected chi connectivity index (χ3v) is 3.18. The molecule has 0 aromatic heterocycles. The standard InChI is InChI=1S/C12H14F3NO2/c13-12(14,15)9-5-11(18)10(17)4-8(9)3-7-1-2-16-6-7/h4-5,7,16-18H,1-3,6H2. The Labute approximate surface area is 102 Å². The first kappa shape index (κ1) is 13.0. The molecule has 0 spiro atoms. The summed E-state index contributed by atoms with van der Waals surface area (Å²) in [5, 5.41) is 21.6. The second kappa shape index (κ2) is 4.68. The van der Waals surface area contributed by atoms with Gasteiger partial charge in [0, 0.05) is 0 Å². The van der Waals surface area contributed by atoms with Crippen molar-refractivity contribution in [1.29, 1.82) is 0 Å². The average Bonchev–Trinajstić information content (AvgIpc) is 2.74. The van der Waals surface area contributed by atoms with E-state index in [1.54, 1.807) is 0 Å². The number of rotatable bonds is 2. The Hall–Kier alpha value is -1.43. The lowest BCUT2D eigenvalue weighted by atomic mass is 9.94. The molecule has 3 N–H and O–H groups in total. The zero-order valence-corrected chi connectivity index (χ0v) is 9.59. The zero-order valence-electron chi connectivity index (χ0n) is 9.59. The van der Waals surface area contributed by atoms with Gasteiger partial charge in [0.15, 0.2) is 11.5 Å². The van der Waals surface area contributed by atoms with Gasteiger partial charge in [0.2, 0.25) is 0 Å². The summed E-state index contributed by atoms with van der Waals surface area (Å²) in [5.74, 6) is -1.12. The van der Waals surface area contributed by atoms with Crippen LogP contribution in [0.25, 0.3) is 0 Å². The summed E-state index contributed by atoms with van der Waals surface area (Å²) in [6.07, 6.45) is -3.46. The van der Waals surface area contributed by atoms with E-state index in [0.29, 0.717) is 12.6 Å². The molecule has 1 aliphatic heterocycles. The topological polar surface area (TPSA) is 52.5 Å². The van der Waals surface area contributed by atoms with Crippen LogP contribution < -0.4 is 5.32 Å². The van der Waals surface area contributed by atoms with E-state index in [1.807, 2.05) is 0 Å². The molecule has 0 amide bonds. The normalized spacial score (nSPS) is 20.3. The molecule has 1 unspecified atom stereocenters. The van der Waals surface area contributed by atoms with E-state index >= 15 is 0 Å². The molecule has 18 heavy (non-hydrogen) atoms. The molecule has 1 aliphatic rings. The fourth-order valence-corrected chi connectivity index (χ4v) is 2.25. The van der Waals surface area contributed by atoms with Crippen molar-refractivity contribution in [2.45, 2.75) is 19.0 Å². The third kappa shape index (κ3) is 2.69. The summed E-state index contributed by atoms with van der Waals surface area (Å²) < 4.78 is 38.5. The Balaban J connectivity index is 2.34. The van der Waals surface area contributed by atoms with Crippen LogP contribution >= 0.6 is 0 Å². The van der Waals surface area contributed by atoms with Crippen molar-refractivity contribution in [3.8, 4) is 11.5 Å². The van der Waals surface area contributed by atoms with Gasteiger partial charge in [-0.15, -0.1) is 0 Å². The van der Waals surface area contributed by atoms with Crippen LogP contribution in [-0.4, -0.2) is 23.3 Å². The maximum atomic E-state index is 12.8. The van der Waals surface area contributed by atoms with E-state index in [2.05, 4.69) is 5.32 Å². The summed E-state index contributed by atoms with van der Waals surface area (Å²) in [6.45, 7) is 1.48. The maximum Gasteiger partial charge on any atom is 0.416 e. The van der Waals surface area contributed by atoms with E-state index in [9.17, 15) is 23.4 Å². The van der Waals surface area contributed by atoms with E-state index in [4.69, 9.17) is 0 Å². The number of aromatic hydroxyl groups is 2. The lowest BCUT2D eigenvalue weighted by Crippen LogP contribution is -2.14. The molecular formula is C12H14F3NO2. The van der Waals surface area contributed by atoms with Crippen molar-refractivity contribution in [2.24, 2.45) is 5.92 Å². The van der Waals surface area contributed by atoms with Crippen molar-refractivity contribution in [2.75, 3.05) is 13.1 Å². The molecule has 1 saturated heterocycles. The van der Waals surface area contributed by atoms with Gasteiger partial charge in [-0.05, 0) is 49.5 Å². The van der Waals surface area contributed by atoms with Crippen LogP contribution in [-0.2, 0) is 12.6 Å². The molecule has 1 atom stereocenters. The molecule has 6 heteroatoms. The molecule has 2 rings (SSSR count). The molecule has 0 aliphatic carbocycles. The Morgan fingerprint density at radius 1 is 1.22 bits per heavy atom. The highest BCUT2D eigenvalue weighted by molar-refractivity contribution is 5.46. The van der Waals surface area contributed by atoms with E-state index in [0.717, 1.165) is 19.0 Å². The number of hydrogen-bond acceptors (Lipinski definition) is 3. The molecule has 1 fully saturated rings. The number of phenolic OH excluding ortho intramolecular Hbond substituents is 2. The highest BCUT2D eigenvalue weighted by Crippen LogP contribution is 2.39. The van der Waals surface area contributed by atoms with Gasteiger partial charge in [-0.1, -0.05) is 0 Å². The minimum atomic E-state index is -4.52. The molecule has 3 nitrogen and oxygen atoms in total. The summed E-state index contributed by atoms with van der Waals surface area (Å²) in [4.78, 5) is 0. The van der Waals surface area contributed by atoms with Crippen molar-refractivity contribution in [3.63, 3.8) is 0 Å². The lowest BCUT2D eigenvalue weighted by molar-refractivity contribution is -0.138. The number of nitrogens with one attached hydrogen (secondary N) is 1. The highest BCUT2D eigenvalue weighted by Gasteiger charge is 2.35. The average molecular weight is 261 g/mol. The summed E-state index contributed by atoms with van der Waals surface area (Å²) >= 11 is 0. The SMILES string of the molecule is Oc1cc(CC2CCNC2)c(C(F)(F)F)cc1O. The number of hydrogen-bond donors (Lipinski definition) is 3. The molecule has 100 valence electrons. The van der Waals surface area contributed by atoms with Crippen LogP contribution in [0.4, 0.5) is 13.2 Å². The summed E-state index contributed by atoms with van der Waals surface area (Å²) in [6, 6.07) is 1.60. The van der Waals surface area contributed by atoms with E-state index in [-0.39, 0.29) is 17.9 Å². The minimum absolute atomic E-state index is 0.0338. The predicted molar refractivity (Wildman–Crippen MR) is 59.5 cm³/mol. The first-order chi connectivity index (χ1) is 8.38. The number of phenols is 2. The van der Waals surface area contributed by atoms with Gasteiger partial charge in [0.1, 0.15) is 0 Å². The zero-order chi connectivity index (χ0) is 13.3. The summed E-state index contributed by atoms with van der Waals surface area (Å²) in [5.41, 5.74) is -0.837. The summed E-state index contributed by atoms with van der Waals surface area (Å²) in [7, 11) is 0. The van der Waals surface area contributed by atoms with Crippen molar-refractivity contribution < 1.29 is 23.4 Å². The minimum Gasteiger partial charge on any atom is -0.504 e. The van der Waals surface area contributed by atoms with Gasteiger partial charge in [-0.25, -0.2) is 0 Å². The molecule has 0 radical (unpaired) electrons. The fraction of sp³-hybridized carbons (Fsp3) is 0.500. The molecule has 0 saturated carbocycles. The highest BCUT2D eigenvalue weighted by atomic mass is 19.4. The lowest BCUT2D eigenvalue weighted by Gasteiger charge is -2.16. The third-order valence-electron chi connectivity index (χ3n) is 3.18. The van der Waals surface area contributed by atoms with Gasteiger partial charge in [-0.2, -0.15) is 13.2 Å². The Morgan fingerprint density at radius 2 is 1.89 bits per heavy atom. The number of halogens is 3. The maximum absolute atomic E-state index is 12.8. The van der Waals surface area contributed by atoms with Crippen molar-refractivity contribution >= 4 is 0 Å². The first-order valence-corrected chi connectivity index (χ1v) is 5.70. The first-order valence-electron chi connectivity index (χ1n) is 5.70. The Bertz CT molecular complexity index is 440. The van der Waals surface area contributed by atoms with Crippen LogP contribution in [0.5, 0.6) is 11.5 Å².